The molecule has 0 saturated carbocycles. The van der Waals surface area contributed by atoms with Gasteiger partial charge in [0.15, 0.2) is 0 Å². The molecule has 0 aromatic carbocycles. The van der Waals surface area contributed by atoms with Crippen molar-refractivity contribution in [1.29, 1.82) is 0 Å². The Bertz CT molecular complexity index is 179. The fourth-order valence-corrected chi connectivity index (χ4v) is 0.248. The highest BCUT2D eigenvalue weighted by atomic mass is 32.3. The highest BCUT2D eigenvalue weighted by Crippen LogP contribution is 1.88. The second-order valence-electron chi connectivity index (χ2n) is 0.749. The molecule has 0 radical (unpaired) electrons. The molecule has 0 aliphatic carbocycles. The molecule has 7 heteroatoms. The van der Waals surface area contributed by atoms with Crippen LogP contribution in [0.5, 0.6) is 0 Å². The molecule has 8 heavy (non-hydrogen) atoms. The molecule has 0 spiro atoms. The van der Waals surface area contributed by atoms with Crippen molar-refractivity contribution >= 4 is 16.6 Å². The van der Waals surface area contributed by atoms with Crippen molar-refractivity contribution in [1.82, 2.24) is 0 Å². The Hall–Kier alpha value is -0.690. The fourth-order valence-electron chi connectivity index (χ4n) is 0.0828. The van der Waals surface area contributed by atoms with Crippen molar-refractivity contribution in [2.75, 3.05) is 0 Å². The average Bonchev–Trinajstić information content (AvgIpc) is 1.21. The monoisotopic (exact) mass is 144 g/mol. The first kappa shape index (κ1) is 7.31. The number of rotatable bonds is 1. The summed E-state index contributed by atoms with van der Waals surface area (Å²) in [7, 11) is -4.95. The maximum Gasteiger partial charge on any atom is 0.512 e. The Morgan fingerprint density at radius 2 is 2.00 bits per heavy atom. The Labute approximate surface area is 44.0 Å². The summed E-state index contributed by atoms with van der Waals surface area (Å²) in [5.41, 5.74) is 0. The molecule has 0 unspecified atom stereocenters. The third-order valence-corrected chi connectivity index (χ3v) is 0.512. The van der Waals surface area contributed by atoms with E-state index in [2.05, 4.69) is 4.18 Å². The Kier molecular flexibility index (Phi) is 1.88. The minimum atomic E-state index is -4.95. The maximum atomic E-state index is 10.8. The van der Waals surface area contributed by atoms with E-state index in [1.165, 1.54) is 0 Å². The van der Waals surface area contributed by atoms with Crippen LogP contribution < -0.4 is 0 Å². The van der Waals surface area contributed by atoms with Crippen LogP contribution >= 0.6 is 0 Å². The van der Waals surface area contributed by atoms with E-state index in [0.29, 0.717) is 0 Å². The van der Waals surface area contributed by atoms with Crippen LogP contribution in [-0.2, 0) is 14.6 Å². The van der Waals surface area contributed by atoms with Crippen LogP contribution in [0.1, 0.15) is 0 Å². The molecule has 0 fully saturated rings. The summed E-state index contributed by atoms with van der Waals surface area (Å²) < 4.78 is 39.6. The third kappa shape index (κ3) is 5.31. The van der Waals surface area contributed by atoms with Crippen molar-refractivity contribution in [3.8, 4) is 0 Å². The SMILES string of the molecule is O=C(F)OS(=O)(=O)O. The lowest BCUT2D eigenvalue weighted by molar-refractivity contribution is 0.171. The van der Waals surface area contributed by atoms with Crippen molar-refractivity contribution < 1.29 is 26.3 Å². The van der Waals surface area contributed by atoms with Gasteiger partial charge in [0.05, 0.1) is 0 Å². The first-order chi connectivity index (χ1) is 3.42. The lowest BCUT2D eigenvalue weighted by Gasteiger charge is -1.86. The smallest absolute Gasteiger partial charge is 0.297 e. The predicted molar refractivity (Wildman–Crippen MR) is 19.1 cm³/mol. The van der Waals surface area contributed by atoms with Gasteiger partial charge in [-0.25, -0.2) is 4.79 Å². The van der Waals surface area contributed by atoms with Crippen LogP contribution in [-0.4, -0.2) is 19.2 Å². The molecular weight excluding hydrogens is 143 g/mol. The molecular formula is CHFO5S. The number of halogens is 1. The zero-order valence-electron chi connectivity index (χ0n) is 3.37. The number of hydrogen-bond acceptors (Lipinski definition) is 4. The molecule has 0 amide bonds. The van der Waals surface area contributed by atoms with Gasteiger partial charge in [0.1, 0.15) is 0 Å². The van der Waals surface area contributed by atoms with Crippen LogP contribution in [0.4, 0.5) is 9.18 Å². The second-order valence-corrected chi connectivity index (χ2v) is 1.77. The highest BCUT2D eigenvalue weighted by Gasteiger charge is 2.10. The number of hydrogen-bond donors (Lipinski definition) is 1. The van der Waals surface area contributed by atoms with Gasteiger partial charge in [0.2, 0.25) is 0 Å². The van der Waals surface area contributed by atoms with E-state index >= 15 is 0 Å². The molecule has 0 aliphatic heterocycles. The van der Waals surface area contributed by atoms with Crippen LogP contribution in [0.25, 0.3) is 0 Å². The normalized spacial score (nSPS) is 10.8. The van der Waals surface area contributed by atoms with E-state index in [9.17, 15) is 12.8 Å². The lowest BCUT2D eigenvalue weighted by atomic mass is 11.5. The van der Waals surface area contributed by atoms with E-state index in [-0.39, 0.29) is 0 Å². The molecule has 1 N–H and O–H groups in total. The van der Waals surface area contributed by atoms with E-state index in [1.54, 1.807) is 0 Å². The molecule has 0 rings (SSSR count). The van der Waals surface area contributed by atoms with Gasteiger partial charge in [-0.3, -0.25) is 8.74 Å². The minimum absolute atomic E-state index is 2.56. The third-order valence-electron chi connectivity index (χ3n) is 0.171. The molecule has 0 heterocycles. The average molecular weight is 144 g/mol. The van der Waals surface area contributed by atoms with Gasteiger partial charge in [-0.15, -0.1) is 4.39 Å². The van der Waals surface area contributed by atoms with Crippen molar-refractivity contribution in [2.24, 2.45) is 0 Å². The zero-order valence-corrected chi connectivity index (χ0v) is 4.18. The molecule has 0 aromatic rings. The van der Waals surface area contributed by atoms with Gasteiger partial charge in [-0.05, 0) is 0 Å². The van der Waals surface area contributed by atoms with Gasteiger partial charge >= 0.3 is 16.6 Å². The summed E-state index contributed by atoms with van der Waals surface area (Å²) in [5, 5.41) is 0. The summed E-state index contributed by atoms with van der Waals surface area (Å²) in [5.74, 6) is 0. The van der Waals surface area contributed by atoms with Crippen LogP contribution in [0.2, 0.25) is 0 Å². The molecule has 48 valence electrons. The van der Waals surface area contributed by atoms with Crippen LogP contribution in [0.15, 0.2) is 0 Å². The standard InChI is InChI=1S/CHFO5S/c2-1(3)7-8(4,5)6/h(H,4,5,6). The summed E-state index contributed by atoms with van der Waals surface area (Å²) in [6, 6.07) is 0. The van der Waals surface area contributed by atoms with E-state index in [4.69, 9.17) is 9.35 Å². The number of carbonyl (C=O) groups is 1. The van der Waals surface area contributed by atoms with Crippen molar-refractivity contribution in [3.05, 3.63) is 0 Å². The van der Waals surface area contributed by atoms with Crippen molar-refractivity contribution in [2.45, 2.75) is 0 Å². The molecule has 0 saturated heterocycles. The Balaban J connectivity index is 3.95. The first-order valence-electron chi connectivity index (χ1n) is 1.28. The molecule has 5 nitrogen and oxygen atoms in total. The first-order valence-corrected chi connectivity index (χ1v) is 2.64. The predicted octanol–water partition coefficient (Wildman–Crippen LogP) is -0.105. The zero-order chi connectivity index (χ0) is 6.78. The van der Waals surface area contributed by atoms with E-state index in [0.717, 1.165) is 0 Å². The summed E-state index contributed by atoms with van der Waals surface area (Å²) in [6.07, 6.45) is -2.56. The quantitative estimate of drug-likeness (QED) is 0.410. The Morgan fingerprint density at radius 1 is 1.62 bits per heavy atom. The van der Waals surface area contributed by atoms with Gasteiger partial charge in [0.25, 0.3) is 0 Å². The molecule has 0 aromatic heterocycles. The lowest BCUT2D eigenvalue weighted by Crippen LogP contribution is -2.05. The van der Waals surface area contributed by atoms with Crippen LogP contribution in [0.3, 0.4) is 0 Å². The molecule has 0 atom stereocenters. The van der Waals surface area contributed by atoms with Crippen LogP contribution in [0, 0.1) is 0 Å². The summed E-state index contributed by atoms with van der Waals surface area (Å²) in [6.45, 7) is 0. The Morgan fingerprint density at radius 3 is 2.00 bits per heavy atom. The topological polar surface area (TPSA) is 80.7 Å². The summed E-state index contributed by atoms with van der Waals surface area (Å²) in [4.78, 5) is 9.03. The number of carbonyl (C=O) groups excluding carboxylic acids is 1. The van der Waals surface area contributed by atoms with Crippen molar-refractivity contribution in [3.63, 3.8) is 0 Å². The van der Waals surface area contributed by atoms with Gasteiger partial charge < -0.3 is 0 Å². The highest BCUT2D eigenvalue weighted by molar-refractivity contribution is 7.81. The van der Waals surface area contributed by atoms with E-state index in [1.807, 2.05) is 0 Å². The molecule has 0 bridgehead atoms. The largest absolute Gasteiger partial charge is 0.512 e. The van der Waals surface area contributed by atoms with Gasteiger partial charge in [0, 0.05) is 0 Å². The van der Waals surface area contributed by atoms with E-state index < -0.39 is 16.6 Å². The maximum absolute atomic E-state index is 10.8. The van der Waals surface area contributed by atoms with Gasteiger partial charge in [-0.1, -0.05) is 0 Å². The summed E-state index contributed by atoms with van der Waals surface area (Å²) >= 11 is 0. The minimum Gasteiger partial charge on any atom is -0.297 e. The second kappa shape index (κ2) is 2.05. The fraction of sp³-hybridized carbons (Fsp3) is 0. The molecule has 0 aliphatic rings. The van der Waals surface area contributed by atoms with Gasteiger partial charge in [-0.2, -0.15) is 8.42 Å².